The van der Waals surface area contributed by atoms with Gasteiger partial charge in [-0.25, -0.2) is 0 Å². The summed E-state index contributed by atoms with van der Waals surface area (Å²) in [5.74, 6) is 1.04. The van der Waals surface area contributed by atoms with Crippen LogP contribution in [0.2, 0.25) is 0 Å². The van der Waals surface area contributed by atoms with Crippen LogP contribution in [0.5, 0.6) is 0 Å². The molecule has 0 aromatic carbocycles. The largest absolute Gasteiger partial charge is 0.357 e. The highest BCUT2D eigenvalue weighted by Crippen LogP contribution is 1.93. The van der Waals surface area contributed by atoms with Gasteiger partial charge in [0.15, 0.2) is 5.96 Å². The fourth-order valence-corrected chi connectivity index (χ4v) is 0.881. The first-order chi connectivity index (χ1) is 4.34. The summed E-state index contributed by atoms with van der Waals surface area (Å²) in [7, 11) is 2.05. The number of likely N-dealkylation sites (N-methyl/N-ethyl adjacent to an activating group) is 1. The average Bonchev–Trinajstić information content (AvgIpc) is 2.18. The van der Waals surface area contributed by atoms with E-state index in [2.05, 4.69) is 29.2 Å². The third-order valence-electron chi connectivity index (χ3n) is 1.39. The van der Waals surface area contributed by atoms with Crippen LogP contribution in [0.25, 0.3) is 0 Å². The van der Waals surface area contributed by atoms with E-state index in [0.717, 1.165) is 25.6 Å². The standard InChI is InChI=1S/C6H13N3/c1-3-7-6-8-4-5-9(6)2/h3-5H2,1-2H3,(H,7,8). The van der Waals surface area contributed by atoms with E-state index in [1.807, 2.05) is 0 Å². The molecule has 3 nitrogen and oxygen atoms in total. The lowest BCUT2D eigenvalue weighted by atomic mass is 10.6. The summed E-state index contributed by atoms with van der Waals surface area (Å²) in [6, 6.07) is 0. The zero-order valence-electron chi connectivity index (χ0n) is 6.02. The molecule has 0 unspecified atom stereocenters. The second-order valence-electron chi connectivity index (χ2n) is 2.16. The molecule has 9 heavy (non-hydrogen) atoms. The number of nitrogens with zero attached hydrogens (tertiary/aromatic N) is 2. The highest BCUT2D eigenvalue weighted by Gasteiger charge is 2.09. The highest BCUT2D eigenvalue weighted by atomic mass is 15.3. The van der Waals surface area contributed by atoms with E-state index in [4.69, 9.17) is 0 Å². The summed E-state index contributed by atoms with van der Waals surface area (Å²) in [5.41, 5.74) is 0. The predicted molar refractivity (Wildman–Crippen MR) is 38.6 cm³/mol. The molecule has 0 spiro atoms. The Labute approximate surface area is 55.8 Å². The number of rotatable bonds is 1. The Kier molecular flexibility index (Phi) is 1.92. The lowest BCUT2D eigenvalue weighted by Crippen LogP contribution is -2.35. The van der Waals surface area contributed by atoms with Gasteiger partial charge < -0.3 is 10.2 Å². The van der Waals surface area contributed by atoms with E-state index in [0.29, 0.717) is 0 Å². The molecule has 1 heterocycles. The second-order valence-corrected chi connectivity index (χ2v) is 2.16. The van der Waals surface area contributed by atoms with Crippen molar-refractivity contribution < 1.29 is 0 Å². The van der Waals surface area contributed by atoms with Crippen molar-refractivity contribution in [2.75, 3.05) is 26.7 Å². The van der Waals surface area contributed by atoms with Gasteiger partial charge in [-0.2, -0.15) is 0 Å². The molecule has 52 valence electrons. The van der Waals surface area contributed by atoms with Crippen molar-refractivity contribution in [1.82, 2.24) is 10.2 Å². The van der Waals surface area contributed by atoms with Crippen LogP contribution in [0.4, 0.5) is 0 Å². The molecule has 1 N–H and O–H groups in total. The van der Waals surface area contributed by atoms with E-state index in [1.54, 1.807) is 0 Å². The Bertz CT molecular complexity index is 119. The van der Waals surface area contributed by atoms with Crippen molar-refractivity contribution in [1.29, 1.82) is 0 Å². The number of nitrogens with one attached hydrogen (secondary N) is 1. The smallest absolute Gasteiger partial charge is 0.193 e. The number of guanidine groups is 1. The summed E-state index contributed by atoms with van der Waals surface area (Å²) < 4.78 is 0. The maximum atomic E-state index is 4.24. The van der Waals surface area contributed by atoms with Crippen molar-refractivity contribution in [2.24, 2.45) is 4.99 Å². The van der Waals surface area contributed by atoms with Gasteiger partial charge in [-0.3, -0.25) is 4.99 Å². The molecular formula is C6H13N3. The quantitative estimate of drug-likeness (QED) is 0.532. The lowest BCUT2D eigenvalue weighted by molar-refractivity contribution is 0.536. The van der Waals surface area contributed by atoms with Crippen LogP contribution in [0.3, 0.4) is 0 Å². The van der Waals surface area contributed by atoms with Crippen LogP contribution < -0.4 is 5.32 Å². The summed E-state index contributed by atoms with van der Waals surface area (Å²) >= 11 is 0. The molecule has 0 aromatic heterocycles. The number of hydrogen-bond acceptors (Lipinski definition) is 3. The zero-order chi connectivity index (χ0) is 6.69. The molecule has 1 rings (SSSR count). The van der Waals surface area contributed by atoms with Crippen LogP contribution >= 0.6 is 0 Å². The Morgan fingerprint density at radius 2 is 2.56 bits per heavy atom. The van der Waals surface area contributed by atoms with E-state index >= 15 is 0 Å². The van der Waals surface area contributed by atoms with Gasteiger partial charge in [0.25, 0.3) is 0 Å². The highest BCUT2D eigenvalue weighted by molar-refractivity contribution is 5.81. The SMILES string of the molecule is CCNC1=NCCN1C. The van der Waals surface area contributed by atoms with Gasteiger partial charge in [0.05, 0.1) is 6.54 Å². The minimum atomic E-state index is 0.943. The summed E-state index contributed by atoms with van der Waals surface area (Å²) in [4.78, 5) is 6.37. The van der Waals surface area contributed by atoms with Crippen LogP contribution in [0.1, 0.15) is 6.92 Å². The molecular weight excluding hydrogens is 114 g/mol. The molecule has 1 aliphatic heterocycles. The van der Waals surface area contributed by atoms with Crippen molar-refractivity contribution in [3.8, 4) is 0 Å². The van der Waals surface area contributed by atoms with Crippen LogP contribution in [0.15, 0.2) is 4.99 Å². The number of hydrogen-bond donors (Lipinski definition) is 1. The van der Waals surface area contributed by atoms with E-state index in [-0.39, 0.29) is 0 Å². The molecule has 0 amide bonds. The van der Waals surface area contributed by atoms with Gasteiger partial charge in [0, 0.05) is 20.1 Å². The van der Waals surface area contributed by atoms with Gasteiger partial charge in [-0.1, -0.05) is 0 Å². The third-order valence-corrected chi connectivity index (χ3v) is 1.39. The molecule has 0 aromatic rings. The Morgan fingerprint density at radius 1 is 1.78 bits per heavy atom. The minimum absolute atomic E-state index is 0.943. The summed E-state index contributed by atoms with van der Waals surface area (Å²) in [6.45, 7) is 5.04. The number of aliphatic imine (C=N–C) groups is 1. The van der Waals surface area contributed by atoms with Crippen molar-refractivity contribution >= 4 is 5.96 Å². The Hall–Kier alpha value is -0.730. The maximum absolute atomic E-state index is 4.24. The monoisotopic (exact) mass is 127 g/mol. The Balaban J connectivity index is 2.38. The lowest BCUT2D eigenvalue weighted by Gasteiger charge is -2.13. The molecule has 0 saturated heterocycles. The zero-order valence-corrected chi connectivity index (χ0v) is 6.02. The maximum Gasteiger partial charge on any atom is 0.193 e. The molecule has 0 bridgehead atoms. The van der Waals surface area contributed by atoms with Crippen molar-refractivity contribution in [2.45, 2.75) is 6.92 Å². The second kappa shape index (κ2) is 2.71. The van der Waals surface area contributed by atoms with E-state index < -0.39 is 0 Å². The molecule has 3 heteroatoms. The normalized spacial score (nSPS) is 18.0. The third kappa shape index (κ3) is 1.34. The molecule has 0 atom stereocenters. The van der Waals surface area contributed by atoms with Gasteiger partial charge in [-0.15, -0.1) is 0 Å². The van der Waals surface area contributed by atoms with E-state index in [9.17, 15) is 0 Å². The first-order valence-corrected chi connectivity index (χ1v) is 3.34. The predicted octanol–water partition coefficient (Wildman–Crippen LogP) is -0.103. The van der Waals surface area contributed by atoms with Crippen LogP contribution in [-0.4, -0.2) is 37.5 Å². The average molecular weight is 127 g/mol. The molecule has 0 aliphatic carbocycles. The van der Waals surface area contributed by atoms with Crippen molar-refractivity contribution in [3.63, 3.8) is 0 Å². The first kappa shape index (κ1) is 6.39. The fourth-order valence-electron chi connectivity index (χ4n) is 0.881. The van der Waals surface area contributed by atoms with Crippen LogP contribution in [0, 0.1) is 0 Å². The van der Waals surface area contributed by atoms with Gasteiger partial charge in [0.1, 0.15) is 0 Å². The molecule has 1 aliphatic rings. The fraction of sp³-hybridized carbons (Fsp3) is 0.833. The van der Waals surface area contributed by atoms with E-state index in [1.165, 1.54) is 0 Å². The van der Waals surface area contributed by atoms with Crippen LogP contribution in [-0.2, 0) is 0 Å². The first-order valence-electron chi connectivity index (χ1n) is 3.34. The summed E-state index contributed by atoms with van der Waals surface area (Å²) in [5, 5.41) is 3.17. The minimum Gasteiger partial charge on any atom is -0.357 e. The van der Waals surface area contributed by atoms with Gasteiger partial charge in [0.2, 0.25) is 0 Å². The van der Waals surface area contributed by atoms with Gasteiger partial charge in [-0.05, 0) is 6.92 Å². The molecule has 0 radical (unpaired) electrons. The molecule has 0 fully saturated rings. The topological polar surface area (TPSA) is 27.6 Å². The Morgan fingerprint density at radius 3 is 3.00 bits per heavy atom. The molecule has 0 saturated carbocycles. The van der Waals surface area contributed by atoms with Gasteiger partial charge >= 0.3 is 0 Å². The van der Waals surface area contributed by atoms with Crippen molar-refractivity contribution in [3.05, 3.63) is 0 Å². The summed E-state index contributed by atoms with van der Waals surface area (Å²) in [6.07, 6.45) is 0.